The Balaban J connectivity index is 1.83. The highest BCUT2D eigenvalue weighted by molar-refractivity contribution is 9.10. The van der Waals surface area contributed by atoms with Crippen molar-refractivity contribution in [2.24, 2.45) is 0 Å². The Morgan fingerprint density at radius 1 is 1.05 bits per heavy atom. The summed E-state index contributed by atoms with van der Waals surface area (Å²) in [5.41, 5.74) is 2.00. The van der Waals surface area contributed by atoms with Gasteiger partial charge in [0.2, 0.25) is 0 Å². The first-order chi connectivity index (χ1) is 10.2. The summed E-state index contributed by atoms with van der Waals surface area (Å²) < 4.78 is 1.06. The number of hydrogen-bond acceptors (Lipinski definition) is 2. The molecule has 0 saturated heterocycles. The first kappa shape index (κ1) is 14.5. The fourth-order valence-electron chi connectivity index (χ4n) is 2.74. The molecule has 0 aliphatic heterocycles. The number of halogens is 1. The van der Waals surface area contributed by atoms with E-state index in [2.05, 4.69) is 25.9 Å². The molecule has 21 heavy (non-hydrogen) atoms. The monoisotopic (exact) mass is 344 g/mol. The molecule has 1 aromatic carbocycles. The van der Waals surface area contributed by atoms with E-state index in [1.165, 1.54) is 32.1 Å². The number of nitrogens with zero attached hydrogens (tertiary/aromatic N) is 3. The number of benzene rings is 1. The van der Waals surface area contributed by atoms with Crippen LogP contribution in [0.15, 0.2) is 34.8 Å². The van der Waals surface area contributed by atoms with Gasteiger partial charge in [-0.15, -0.1) is 0 Å². The van der Waals surface area contributed by atoms with Crippen molar-refractivity contribution in [1.82, 2.24) is 15.3 Å². The molecule has 3 rings (SSSR count). The zero-order valence-corrected chi connectivity index (χ0v) is 13.8. The van der Waals surface area contributed by atoms with Crippen molar-refractivity contribution in [2.75, 3.05) is 0 Å². The molecule has 1 aromatic heterocycles. The maximum atomic E-state index is 4.82. The van der Waals surface area contributed by atoms with E-state index < -0.39 is 0 Å². The molecule has 1 aliphatic rings. The van der Waals surface area contributed by atoms with Gasteiger partial charge in [0.15, 0.2) is 11.6 Å². The fourth-order valence-corrected chi connectivity index (χ4v) is 3.01. The van der Waals surface area contributed by atoms with E-state index in [9.17, 15) is 0 Å². The molecule has 1 saturated carbocycles. The summed E-state index contributed by atoms with van der Waals surface area (Å²) in [5, 5.41) is 4.82. The third-order valence-electron chi connectivity index (χ3n) is 3.83. The average Bonchev–Trinajstić information content (AvgIpc) is 2.48. The second-order valence-electron chi connectivity index (χ2n) is 5.62. The van der Waals surface area contributed by atoms with Crippen LogP contribution in [0.25, 0.3) is 11.4 Å². The molecule has 0 amide bonds. The lowest BCUT2D eigenvalue weighted by molar-refractivity contribution is 0.400. The molecule has 0 bridgehead atoms. The van der Waals surface area contributed by atoms with Crippen LogP contribution in [0.5, 0.6) is 0 Å². The summed E-state index contributed by atoms with van der Waals surface area (Å²) in [6, 6.07) is 10.5. The van der Waals surface area contributed by atoms with Crippen LogP contribution >= 0.6 is 15.9 Å². The topological polar surface area (TPSA) is 39.9 Å². The zero-order valence-electron chi connectivity index (χ0n) is 12.2. The normalized spacial score (nSPS) is 15.9. The molecule has 0 atom stereocenters. The van der Waals surface area contributed by atoms with E-state index in [1.807, 2.05) is 37.3 Å². The average molecular weight is 345 g/mol. The van der Waals surface area contributed by atoms with Crippen LogP contribution < -0.4 is 5.32 Å². The summed E-state index contributed by atoms with van der Waals surface area (Å²) in [5.74, 6) is 1.59. The van der Waals surface area contributed by atoms with Crippen molar-refractivity contribution in [3.05, 3.63) is 40.5 Å². The maximum Gasteiger partial charge on any atom is 0.161 e. The molecule has 1 aliphatic carbocycles. The minimum absolute atomic E-state index is 0.436. The second-order valence-corrected chi connectivity index (χ2v) is 6.53. The lowest BCUT2D eigenvalue weighted by Crippen LogP contribution is -2.22. The van der Waals surface area contributed by atoms with Gasteiger partial charge in [0.25, 0.3) is 0 Å². The molecule has 1 radical (unpaired) electrons. The van der Waals surface area contributed by atoms with Gasteiger partial charge in [-0.3, -0.25) is 5.32 Å². The molecule has 3 nitrogen and oxygen atoms in total. The summed E-state index contributed by atoms with van der Waals surface area (Å²) >= 11 is 3.45. The van der Waals surface area contributed by atoms with Crippen molar-refractivity contribution >= 4 is 21.7 Å². The molecule has 1 fully saturated rings. The molecule has 0 spiro atoms. The van der Waals surface area contributed by atoms with Crippen molar-refractivity contribution in [2.45, 2.75) is 45.1 Å². The van der Waals surface area contributed by atoms with Gasteiger partial charge >= 0.3 is 0 Å². The first-order valence-electron chi connectivity index (χ1n) is 7.53. The lowest BCUT2D eigenvalue weighted by Gasteiger charge is -2.21. The van der Waals surface area contributed by atoms with Gasteiger partial charge in [-0.2, -0.15) is 0 Å². The zero-order chi connectivity index (χ0) is 14.7. The fraction of sp³-hybridized carbons (Fsp3) is 0.412. The largest absolute Gasteiger partial charge is 0.263 e. The van der Waals surface area contributed by atoms with Crippen molar-refractivity contribution in [3.8, 4) is 11.4 Å². The van der Waals surface area contributed by atoms with Crippen LogP contribution in [0.2, 0.25) is 0 Å². The van der Waals surface area contributed by atoms with E-state index >= 15 is 0 Å². The maximum absolute atomic E-state index is 4.82. The van der Waals surface area contributed by atoms with Gasteiger partial charge < -0.3 is 0 Å². The molecule has 0 unspecified atom stereocenters. The van der Waals surface area contributed by atoms with Crippen LogP contribution in [0.3, 0.4) is 0 Å². The standard InChI is InChI=1S/C17H19BrN3/c1-12-11-16(20-15-5-3-2-4-6-15)21-17(19-12)13-7-9-14(18)10-8-13/h7-11,15H,2-6H2,1H3. The van der Waals surface area contributed by atoms with E-state index in [1.54, 1.807) is 0 Å². The highest BCUT2D eigenvalue weighted by Crippen LogP contribution is 2.24. The smallest absolute Gasteiger partial charge is 0.161 e. The number of aryl methyl sites for hydroxylation is 1. The van der Waals surface area contributed by atoms with E-state index in [4.69, 9.17) is 5.32 Å². The third kappa shape index (κ3) is 3.82. The van der Waals surface area contributed by atoms with Gasteiger partial charge in [-0.05, 0) is 31.9 Å². The predicted molar refractivity (Wildman–Crippen MR) is 88.6 cm³/mol. The molecule has 109 valence electrons. The van der Waals surface area contributed by atoms with Gasteiger partial charge in [-0.25, -0.2) is 9.97 Å². The molecule has 0 N–H and O–H groups in total. The molecule has 4 heteroatoms. The van der Waals surface area contributed by atoms with E-state index in [0.717, 1.165) is 27.4 Å². The van der Waals surface area contributed by atoms with Crippen molar-refractivity contribution in [3.63, 3.8) is 0 Å². The highest BCUT2D eigenvalue weighted by atomic mass is 79.9. The second kappa shape index (κ2) is 6.56. The molecular formula is C17H19BrN3. The quantitative estimate of drug-likeness (QED) is 0.803. The molecule has 1 heterocycles. The Morgan fingerprint density at radius 2 is 1.76 bits per heavy atom. The Morgan fingerprint density at radius 3 is 2.48 bits per heavy atom. The summed E-state index contributed by atoms with van der Waals surface area (Å²) in [6.45, 7) is 2.00. The van der Waals surface area contributed by atoms with Crippen molar-refractivity contribution in [1.29, 1.82) is 0 Å². The predicted octanol–water partition coefficient (Wildman–Crippen LogP) is 4.78. The van der Waals surface area contributed by atoms with Crippen LogP contribution in [0.1, 0.15) is 37.8 Å². The summed E-state index contributed by atoms with van der Waals surface area (Å²) in [6.07, 6.45) is 6.31. The van der Waals surface area contributed by atoms with Crippen LogP contribution in [-0.2, 0) is 0 Å². The van der Waals surface area contributed by atoms with Gasteiger partial charge in [-0.1, -0.05) is 47.3 Å². The Kier molecular flexibility index (Phi) is 4.54. The Bertz CT molecular complexity index is 604. The van der Waals surface area contributed by atoms with Crippen molar-refractivity contribution < 1.29 is 0 Å². The Hall–Kier alpha value is -1.42. The number of hydrogen-bond donors (Lipinski definition) is 0. The number of rotatable bonds is 3. The SMILES string of the molecule is Cc1cc([N]C2CCCCC2)nc(-c2ccc(Br)cc2)n1. The summed E-state index contributed by atoms with van der Waals surface area (Å²) in [4.78, 5) is 9.17. The van der Waals surface area contributed by atoms with Crippen LogP contribution in [-0.4, -0.2) is 16.0 Å². The minimum Gasteiger partial charge on any atom is -0.263 e. The number of aromatic nitrogens is 2. The van der Waals surface area contributed by atoms with Crippen LogP contribution in [0.4, 0.5) is 5.82 Å². The summed E-state index contributed by atoms with van der Waals surface area (Å²) in [7, 11) is 0. The molecular weight excluding hydrogens is 326 g/mol. The minimum atomic E-state index is 0.436. The Labute approximate surface area is 134 Å². The van der Waals surface area contributed by atoms with E-state index in [0.29, 0.717) is 6.04 Å². The van der Waals surface area contributed by atoms with Gasteiger partial charge in [0, 0.05) is 21.8 Å². The van der Waals surface area contributed by atoms with Gasteiger partial charge in [0.05, 0.1) is 6.04 Å². The van der Waals surface area contributed by atoms with Crippen LogP contribution in [0, 0.1) is 6.92 Å². The van der Waals surface area contributed by atoms with Gasteiger partial charge in [0.1, 0.15) is 0 Å². The first-order valence-corrected chi connectivity index (χ1v) is 8.32. The lowest BCUT2D eigenvalue weighted by atomic mass is 9.95. The third-order valence-corrected chi connectivity index (χ3v) is 4.36. The van der Waals surface area contributed by atoms with E-state index in [-0.39, 0.29) is 0 Å². The highest BCUT2D eigenvalue weighted by Gasteiger charge is 2.16. The molecule has 2 aromatic rings.